The monoisotopic (exact) mass is 303 g/mol. The van der Waals surface area contributed by atoms with Gasteiger partial charge in [-0.3, -0.25) is 0 Å². The highest BCUT2D eigenvalue weighted by atomic mass is 32.2. The Hall–Kier alpha value is -0.130. The first-order chi connectivity index (χ1) is 9.38. The van der Waals surface area contributed by atoms with E-state index in [1.54, 1.807) is 0 Å². The molecule has 0 aromatic heterocycles. The molecule has 20 heavy (non-hydrogen) atoms. The van der Waals surface area contributed by atoms with Crippen LogP contribution in [0.3, 0.4) is 0 Å². The second-order valence-corrected chi connectivity index (χ2v) is 9.01. The summed E-state index contributed by atoms with van der Waals surface area (Å²) < 4.78 is 29.9. The van der Waals surface area contributed by atoms with Gasteiger partial charge in [-0.2, -0.15) is 0 Å². The SMILES string of the molecule is CCNC(C1CCOC2(CCCC2)C1)C(C)S(C)(=O)=O. The van der Waals surface area contributed by atoms with Gasteiger partial charge in [-0.25, -0.2) is 8.42 Å². The van der Waals surface area contributed by atoms with Crippen LogP contribution in [0.2, 0.25) is 0 Å². The minimum absolute atomic E-state index is 0.0494. The molecule has 4 nitrogen and oxygen atoms in total. The smallest absolute Gasteiger partial charge is 0.151 e. The minimum Gasteiger partial charge on any atom is -0.375 e. The molecule has 2 aliphatic rings. The third kappa shape index (κ3) is 3.55. The van der Waals surface area contributed by atoms with Crippen LogP contribution in [0.5, 0.6) is 0 Å². The molecule has 0 bridgehead atoms. The normalized spacial score (nSPS) is 29.4. The molecule has 3 unspecified atom stereocenters. The molecule has 0 amide bonds. The van der Waals surface area contributed by atoms with Crippen molar-refractivity contribution in [2.75, 3.05) is 19.4 Å². The first kappa shape index (κ1) is 16.2. The zero-order chi connectivity index (χ0) is 14.8. The summed E-state index contributed by atoms with van der Waals surface area (Å²) in [7, 11) is -3.01. The Bertz CT molecular complexity index is 415. The number of ether oxygens (including phenoxy) is 1. The van der Waals surface area contributed by atoms with Gasteiger partial charge in [0.1, 0.15) is 0 Å². The largest absolute Gasteiger partial charge is 0.375 e. The average Bonchev–Trinajstić information content (AvgIpc) is 2.82. The van der Waals surface area contributed by atoms with Crippen molar-refractivity contribution in [3.8, 4) is 0 Å². The van der Waals surface area contributed by atoms with Crippen molar-refractivity contribution in [2.24, 2.45) is 5.92 Å². The molecular formula is C15H29NO3S. The minimum atomic E-state index is -3.01. The third-order valence-electron chi connectivity index (χ3n) is 5.17. The van der Waals surface area contributed by atoms with Gasteiger partial charge in [0, 0.05) is 18.9 Å². The van der Waals surface area contributed by atoms with E-state index in [0.29, 0.717) is 5.92 Å². The summed E-state index contributed by atoms with van der Waals surface area (Å²) in [5.74, 6) is 0.409. The number of sulfone groups is 1. The van der Waals surface area contributed by atoms with Crippen LogP contribution in [0, 0.1) is 5.92 Å². The lowest BCUT2D eigenvalue weighted by atomic mass is 9.79. The second-order valence-electron chi connectivity index (χ2n) is 6.61. The maximum atomic E-state index is 11.9. The maximum Gasteiger partial charge on any atom is 0.151 e. The van der Waals surface area contributed by atoms with Crippen molar-refractivity contribution in [2.45, 2.75) is 69.3 Å². The quantitative estimate of drug-likeness (QED) is 0.845. The summed E-state index contributed by atoms with van der Waals surface area (Å²) in [4.78, 5) is 0. The van der Waals surface area contributed by atoms with Crippen molar-refractivity contribution >= 4 is 9.84 Å². The van der Waals surface area contributed by atoms with Crippen molar-refractivity contribution in [3.63, 3.8) is 0 Å². The van der Waals surface area contributed by atoms with Gasteiger partial charge in [-0.05, 0) is 45.1 Å². The fourth-order valence-corrected chi connectivity index (χ4v) is 4.81. The Labute approximate surface area is 123 Å². The van der Waals surface area contributed by atoms with E-state index in [4.69, 9.17) is 4.74 Å². The lowest BCUT2D eigenvalue weighted by Gasteiger charge is -2.42. The molecule has 5 heteroatoms. The molecule has 3 atom stereocenters. The number of hydrogen-bond donors (Lipinski definition) is 1. The van der Waals surface area contributed by atoms with E-state index in [1.165, 1.54) is 19.1 Å². The molecular weight excluding hydrogens is 274 g/mol. The summed E-state index contributed by atoms with van der Waals surface area (Å²) >= 11 is 0. The molecule has 2 rings (SSSR count). The summed E-state index contributed by atoms with van der Waals surface area (Å²) in [6.07, 6.45) is 8.14. The van der Waals surface area contributed by atoms with Crippen LogP contribution in [-0.2, 0) is 14.6 Å². The van der Waals surface area contributed by atoms with Crippen LogP contribution >= 0.6 is 0 Å². The van der Waals surface area contributed by atoms with Crippen LogP contribution in [0.25, 0.3) is 0 Å². The van der Waals surface area contributed by atoms with Crippen LogP contribution in [0.1, 0.15) is 52.4 Å². The van der Waals surface area contributed by atoms with Crippen LogP contribution in [0.4, 0.5) is 0 Å². The third-order valence-corrected chi connectivity index (χ3v) is 6.82. The molecule has 1 spiro atoms. The standard InChI is InChI=1S/C15H29NO3S/c1-4-16-14(12(2)20(3,17)18)13-7-10-19-15(11-13)8-5-6-9-15/h12-14,16H,4-11H2,1-3H3. The molecule has 1 saturated heterocycles. The molecule has 1 saturated carbocycles. The van der Waals surface area contributed by atoms with Crippen LogP contribution < -0.4 is 5.32 Å². The predicted molar refractivity (Wildman–Crippen MR) is 81.6 cm³/mol. The Morgan fingerprint density at radius 3 is 2.55 bits per heavy atom. The van der Waals surface area contributed by atoms with Crippen molar-refractivity contribution < 1.29 is 13.2 Å². The van der Waals surface area contributed by atoms with E-state index < -0.39 is 9.84 Å². The first-order valence-electron chi connectivity index (χ1n) is 7.94. The van der Waals surface area contributed by atoms with Gasteiger partial charge >= 0.3 is 0 Å². The topological polar surface area (TPSA) is 55.4 Å². The summed E-state index contributed by atoms with van der Waals surface area (Å²) in [5, 5.41) is 3.10. The predicted octanol–water partition coefficient (Wildman–Crippen LogP) is 2.14. The molecule has 0 aromatic rings. The highest BCUT2D eigenvalue weighted by molar-refractivity contribution is 7.91. The van der Waals surface area contributed by atoms with Crippen molar-refractivity contribution in [1.29, 1.82) is 0 Å². The lowest BCUT2D eigenvalue weighted by molar-refractivity contribution is -0.0977. The lowest BCUT2D eigenvalue weighted by Crippen LogP contribution is -2.52. The van der Waals surface area contributed by atoms with Gasteiger partial charge in [0.25, 0.3) is 0 Å². The molecule has 1 heterocycles. The van der Waals surface area contributed by atoms with Crippen molar-refractivity contribution in [1.82, 2.24) is 5.32 Å². The summed E-state index contributed by atoms with van der Waals surface area (Å²) in [5.41, 5.74) is 0.0494. The van der Waals surface area contributed by atoms with Gasteiger partial charge in [0.05, 0.1) is 10.9 Å². The van der Waals surface area contributed by atoms with E-state index in [1.807, 2.05) is 13.8 Å². The first-order valence-corrected chi connectivity index (χ1v) is 9.90. The zero-order valence-corrected chi connectivity index (χ0v) is 13.8. The second kappa shape index (κ2) is 6.32. The van der Waals surface area contributed by atoms with E-state index in [0.717, 1.165) is 38.8 Å². The van der Waals surface area contributed by atoms with Crippen LogP contribution in [0.15, 0.2) is 0 Å². The van der Waals surface area contributed by atoms with E-state index in [-0.39, 0.29) is 16.9 Å². The molecule has 2 fully saturated rings. The highest BCUT2D eigenvalue weighted by Crippen LogP contribution is 2.43. The highest BCUT2D eigenvalue weighted by Gasteiger charge is 2.43. The Kier molecular flexibility index (Phi) is 5.14. The zero-order valence-electron chi connectivity index (χ0n) is 13.0. The van der Waals surface area contributed by atoms with Gasteiger partial charge in [-0.15, -0.1) is 0 Å². The molecule has 0 radical (unpaired) electrons. The van der Waals surface area contributed by atoms with Crippen molar-refractivity contribution in [3.05, 3.63) is 0 Å². The number of nitrogens with one attached hydrogen (secondary N) is 1. The fraction of sp³-hybridized carbons (Fsp3) is 1.00. The maximum absolute atomic E-state index is 11.9. The molecule has 118 valence electrons. The van der Waals surface area contributed by atoms with E-state index in [9.17, 15) is 8.42 Å². The van der Waals surface area contributed by atoms with E-state index >= 15 is 0 Å². The summed E-state index contributed by atoms with van der Waals surface area (Å²) in [6.45, 7) is 5.49. The van der Waals surface area contributed by atoms with Gasteiger partial charge in [0.15, 0.2) is 9.84 Å². The summed E-state index contributed by atoms with van der Waals surface area (Å²) in [6, 6.07) is 0.0522. The van der Waals surface area contributed by atoms with Gasteiger partial charge in [0.2, 0.25) is 0 Å². The Balaban J connectivity index is 2.12. The molecule has 1 N–H and O–H groups in total. The van der Waals surface area contributed by atoms with E-state index in [2.05, 4.69) is 5.32 Å². The van der Waals surface area contributed by atoms with Gasteiger partial charge in [-0.1, -0.05) is 19.8 Å². The Morgan fingerprint density at radius 2 is 2.00 bits per heavy atom. The molecule has 1 aliphatic heterocycles. The Morgan fingerprint density at radius 1 is 1.35 bits per heavy atom. The van der Waals surface area contributed by atoms with Crippen LogP contribution in [-0.4, -0.2) is 44.7 Å². The number of hydrogen-bond acceptors (Lipinski definition) is 4. The van der Waals surface area contributed by atoms with Gasteiger partial charge < -0.3 is 10.1 Å². The molecule has 0 aromatic carbocycles. The fourth-order valence-electron chi connectivity index (χ4n) is 3.96. The molecule has 1 aliphatic carbocycles. The average molecular weight is 303 g/mol. The number of rotatable bonds is 5.